The number of anilines is 3. The fourth-order valence-corrected chi connectivity index (χ4v) is 9.54. The third-order valence-electron chi connectivity index (χ3n) is 11.7. The van der Waals surface area contributed by atoms with Gasteiger partial charge in [0.05, 0.1) is 29.1 Å². The van der Waals surface area contributed by atoms with E-state index in [9.17, 15) is 28.4 Å². The molecule has 4 aromatic rings. The number of hydrogen-bond donors (Lipinski definition) is 3. The topological polar surface area (TPSA) is 169 Å². The van der Waals surface area contributed by atoms with Crippen molar-refractivity contribution in [3.63, 3.8) is 0 Å². The molecule has 3 saturated heterocycles. The molecule has 5 amide bonds. The summed E-state index contributed by atoms with van der Waals surface area (Å²) in [6.07, 6.45) is 7.27. The molecule has 0 aliphatic carbocycles. The second kappa shape index (κ2) is 18.6. The second-order valence-corrected chi connectivity index (χ2v) is 16.8. The molecule has 4 aliphatic rings. The number of ether oxygens (including phenoxy) is 1. The quantitative estimate of drug-likeness (QED) is 0.101. The van der Waals surface area contributed by atoms with Crippen LogP contribution in [0.15, 0.2) is 71.9 Å². The lowest BCUT2D eigenvalue weighted by atomic mass is 10.0. The molecule has 4 aliphatic heterocycles. The number of piperidine rings is 2. The third kappa shape index (κ3) is 9.49. The van der Waals surface area contributed by atoms with Crippen LogP contribution in [0.3, 0.4) is 0 Å². The monoisotopic (exact) mass is 869 g/mol. The average molecular weight is 870 g/mol. The molecule has 15 nitrogen and oxygen atoms in total. The minimum Gasteiger partial charge on any atom is -0.494 e. The Morgan fingerprint density at radius 3 is 2.57 bits per heavy atom. The number of piperazine rings is 1. The van der Waals surface area contributed by atoms with Crippen molar-refractivity contribution in [2.45, 2.75) is 49.2 Å². The Labute approximate surface area is 361 Å². The van der Waals surface area contributed by atoms with Crippen LogP contribution in [0, 0.1) is 5.82 Å². The summed E-state index contributed by atoms with van der Waals surface area (Å²) in [7, 11) is 1.52. The van der Waals surface area contributed by atoms with E-state index in [1.807, 2.05) is 17.0 Å². The molecule has 3 fully saturated rings. The smallest absolute Gasteiger partial charge is 0.255 e. The van der Waals surface area contributed by atoms with Crippen molar-refractivity contribution < 1.29 is 33.1 Å². The van der Waals surface area contributed by atoms with Gasteiger partial charge in [-0.25, -0.2) is 14.4 Å². The molecule has 0 bridgehead atoms. The average Bonchev–Trinajstić information content (AvgIpc) is 3.60. The predicted octanol–water partition coefficient (Wildman–Crippen LogP) is 4.83. The summed E-state index contributed by atoms with van der Waals surface area (Å²) in [5.74, 6) is -0.633. The van der Waals surface area contributed by atoms with E-state index >= 15 is 0 Å². The number of rotatable bonds is 12. The van der Waals surface area contributed by atoms with E-state index in [4.69, 9.17) is 16.3 Å². The van der Waals surface area contributed by atoms with Crippen LogP contribution >= 0.6 is 23.4 Å². The highest BCUT2D eigenvalue weighted by molar-refractivity contribution is 8.00. The van der Waals surface area contributed by atoms with Gasteiger partial charge in [0.25, 0.3) is 5.91 Å². The van der Waals surface area contributed by atoms with Gasteiger partial charge in [-0.05, 0) is 74.3 Å². The van der Waals surface area contributed by atoms with E-state index in [2.05, 4.69) is 35.7 Å². The van der Waals surface area contributed by atoms with Gasteiger partial charge in [-0.15, -0.1) is 11.8 Å². The standard InChI is InChI=1S/C43H45ClFN9O6S/c1-60-36-22-33-29(41(47-25-46-33)48-26-7-8-32(45)31(44)20-26)21-34(36)49-38(55)6-3-13-51-14-11-27(12-15-51)52-16-18-53(19-17-52)40(57)24-61-37-5-2-4-28-30(37)23-54(43(28)59)35-9-10-39(56)50-42(35)58/h2-8,20-22,25,27,35H,9-19,23-24H2,1H3,(H,49,55)(H,46,47,48)(H,50,56,58)/b6-3+. The molecule has 8 rings (SSSR count). The number of fused-ring (bicyclic) bond motifs is 2. The molecule has 1 unspecified atom stereocenters. The van der Waals surface area contributed by atoms with Gasteiger partial charge in [0.1, 0.15) is 29.8 Å². The van der Waals surface area contributed by atoms with Crippen LogP contribution in [0.4, 0.5) is 21.6 Å². The van der Waals surface area contributed by atoms with Crippen LogP contribution in [-0.2, 0) is 25.7 Å². The molecule has 61 heavy (non-hydrogen) atoms. The number of nitrogens with zero attached hydrogens (tertiary/aromatic N) is 6. The molecule has 3 N–H and O–H groups in total. The van der Waals surface area contributed by atoms with Crippen molar-refractivity contribution in [1.82, 2.24) is 34.9 Å². The number of imide groups is 1. The maximum Gasteiger partial charge on any atom is 0.255 e. The van der Waals surface area contributed by atoms with E-state index in [-0.39, 0.29) is 47.4 Å². The summed E-state index contributed by atoms with van der Waals surface area (Å²) in [6.45, 7) is 5.61. The number of likely N-dealkylation sites (tertiary alicyclic amines) is 1. The van der Waals surface area contributed by atoms with Crippen LogP contribution in [0.5, 0.6) is 5.75 Å². The van der Waals surface area contributed by atoms with E-state index in [0.717, 1.165) is 49.5 Å². The molecule has 1 aromatic heterocycles. The maximum atomic E-state index is 13.7. The summed E-state index contributed by atoms with van der Waals surface area (Å²) >= 11 is 7.39. The molecule has 1 atom stereocenters. The molecule has 0 radical (unpaired) electrons. The summed E-state index contributed by atoms with van der Waals surface area (Å²) in [5, 5.41) is 8.98. The highest BCUT2D eigenvalue weighted by Gasteiger charge is 2.40. The number of benzene rings is 3. The SMILES string of the molecule is COc1cc2ncnc(Nc3ccc(F)c(Cl)c3)c2cc1NC(=O)/C=C/CN1CCC(N2CCN(C(=O)CSc3cccc4c3CN(C3CCC(=O)NC3=O)C4=O)CC2)CC1. The largest absolute Gasteiger partial charge is 0.494 e. The van der Waals surface area contributed by atoms with Crippen molar-refractivity contribution in [2.75, 3.05) is 69.3 Å². The summed E-state index contributed by atoms with van der Waals surface area (Å²) in [5.41, 5.74) is 2.93. The lowest BCUT2D eigenvalue weighted by Crippen LogP contribution is -2.54. The van der Waals surface area contributed by atoms with Crippen molar-refractivity contribution in [3.8, 4) is 5.75 Å². The van der Waals surface area contributed by atoms with Gasteiger partial charge in [0.2, 0.25) is 23.6 Å². The molecule has 18 heteroatoms. The molecular weight excluding hydrogens is 825 g/mol. The normalized spacial score (nSPS) is 19.1. The lowest BCUT2D eigenvalue weighted by Gasteiger charge is -2.42. The van der Waals surface area contributed by atoms with Gasteiger partial charge in [-0.3, -0.25) is 39.1 Å². The molecule has 3 aromatic carbocycles. The van der Waals surface area contributed by atoms with Crippen LogP contribution in [-0.4, -0.2) is 130 Å². The first-order chi connectivity index (χ1) is 29.5. The van der Waals surface area contributed by atoms with Crippen LogP contribution in [0.25, 0.3) is 10.9 Å². The zero-order valence-electron chi connectivity index (χ0n) is 33.5. The Morgan fingerprint density at radius 2 is 1.82 bits per heavy atom. The minimum atomic E-state index is -0.682. The fraction of sp³-hybridized carbons (Fsp3) is 0.372. The Morgan fingerprint density at radius 1 is 1.02 bits per heavy atom. The van der Waals surface area contributed by atoms with Crippen LogP contribution in [0.2, 0.25) is 5.02 Å². The number of halogens is 2. The van der Waals surface area contributed by atoms with Crippen LogP contribution < -0.4 is 20.7 Å². The number of aromatic nitrogens is 2. The molecule has 5 heterocycles. The Hall–Kier alpha value is -5.62. The third-order valence-corrected chi connectivity index (χ3v) is 13.0. The fourth-order valence-electron chi connectivity index (χ4n) is 8.37. The zero-order chi connectivity index (χ0) is 42.6. The first kappa shape index (κ1) is 42.1. The number of methoxy groups -OCH3 is 1. The maximum absolute atomic E-state index is 13.7. The number of carbonyl (C=O) groups excluding carboxylic acids is 5. The zero-order valence-corrected chi connectivity index (χ0v) is 35.1. The lowest BCUT2D eigenvalue weighted by molar-refractivity contribution is -0.137. The highest BCUT2D eigenvalue weighted by atomic mass is 35.5. The van der Waals surface area contributed by atoms with Crippen molar-refractivity contribution in [2.24, 2.45) is 0 Å². The minimum absolute atomic E-state index is 0.0240. The first-order valence-corrected chi connectivity index (χ1v) is 21.6. The molecule has 0 spiro atoms. The molecular formula is C43H45ClFN9O6S. The Bertz CT molecular complexity index is 2410. The van der Waals surface area contributed by atoms with Crippen molar-refractivity contribution in [1.29, 1.82) is 0 Å². The van der Waals surface area contributed by atoms with Gasteiger partial charge in [-0.2, -0.15) is 0 Å². The highest BCUT2D eigenvalue weighted by Crippen LogP contribution is 2.36. The van der Waals surface area contributed by atoms with Crippen molar-refractivity contribution >= 4 is 81.0 Å². The Kier molecular flexibility index (Phi) is 12.8. The first-order valence-electron chi connectivity index (χ1n) is 20.2. The van der Waals surface area contributed by atoms with E-state index < -0.39 is 17.8 Å². The van der Waals surface area contributed by atoms with Gasteiger partial charge >= 0.3 is 0 Å². The summed E-state index contributed by atoms with van der Waals surface area (Å²) in [4.78, 5) is 81.5. The van der Waals surface area contributed by atoms with Gasteiger partial charge in [-0.1, -0.05) is 23.7 Å². The Balaban J connectivity index is 0.774. The van der Waals surface area contributed by atoms with Gasteiger partial charge in [0.15, 0.2) is 0 Å². The number of nitrogens with one attached hydrogen (secondary N) is 3. The summed E-state index contributed by atoms with van der Waals surface area (Å²) in [6, 6.07) is 12.9. The van der Waals surface area contributed by atoms with E-state index in [0.29, 0.717) is 71.5 Å². The molecule has 318 valence electrons. The number of carbonyl (C=O) groups is 5. The van der Waals surface area contributed by atoms with E-state index in [1.54, 1.807) is 30.3 Å². The van der Waals surface area contributed by atoms with Gasteiger partial charge in [0, 0.05) is 85.4 Å². The number of hydrogen-bond acceptors (Lipinski definition) is 12. The number of amides is 5. The molecule has 0 saturated carbocycles. The summed E-state index contributed by atoms with van der Waals surface area (Å²) < 4.78 is 19.3. The van der Waals surface area contributed by atoms with Gasteiger partial charge < -0.3 is 25.2 Å². The second-order valence-electron chi connectivity index (χ2n) is 15.4. The predicted molar refractivity (Wildman–Crippen MR) is 229 cm³/mol. The van der Waals surface area contributed by atoms with E-state index in [1.165, 1.54) is 48.3 Å². The van der Waals surface area contributed by atoms with Crippen molar-refractivity contribution in [3.05, 3.63) is 89.0 Å². The number of thioether (sulfide) groups is 1. The van der Waals surface area contributed by atoms with Crippen LogP contribution in [0.1, 0.15) is 41.6 Å².